The molecular weight excluding hydrogens is 455 g/mol. The van der Waals surface area contributed by atoms with Crippen molar-refractivity contribution in [3.8, 4) is 11.5 Å². The summed E-state index contributed by atoms with van der Waals surface area (Å²) in [6.07, 6.45) is 4.03. The molecule has 0 radical (unpaired) electrons. The van der Waals surface area contributed by atoms with Crippen molar-refractivity contribution in [1.29, 1.82) is 0 Å². The number of nitrogens with one attached hydrogen (secondary N) is 2. The van der Waals surface area contributed by atoms with Crippen molar-refractivity contribution in [2.45, 2.75) is 39.7 Å². The van der Waals surface area contributed by atoms with Gasteiger partial charge in [0.1, 0.15) is 0 Å². The highest BCUT2D eigenvalue weighted by molar-refractivity contribution is 14.0. The molecule has 0 aliphatic carbocycles. The smallest absolute Gasteiger partial charge is 0.191 e. The van der Waals surface area contributed by atoms with Crippen LogP contribution in [0.5, 0.6) is 11.5 Å². The van der Waals surface area contributed by atoms with Crippen molar-refractivity contribution in [2.75, 3.05) is 46.4 Å². The lowest BCUT2D eigenvalue weighted by Gasteiger charge is -2.26. The van der Waals surface area contributed by atoms with E-state index in [0.717, 1.165) is 42.7 Å². The summed E-state index contributed by atoms with van der Waals surface area (Å²) < 4.78 is 11.0. The molecule has 27 heavy (non-hydrogen) atoms. The third kappa shape index (κ3) is 8.55. The fourth-order valence-electron chi connectivity index (χ4n) is 3.12. The van der Waals surface area contributed by atoms with Crippen molar-refractivity contribution in [3.05, 3.63) is 23.8 Å². The molecule has 1 heterocycles. The number of nitrogens with zero attached hydrogens (tertiary/aromatic N) is 2. The molecule has 0 saturated carbocycles. The molecule has 6 nitrogen and oxygen atoms in total. The summed E-state index contributed by atoms with van der Waals surface area (Å²) in [6.45, 7) is 10.6. The van der Waals surface area contributed by atoms with Crippen LogP contribution in [0.15, 0.2) is 23.2 Å². The van der Waals surface area contributed by atoms with Gasteiger partial charge in [0, 0.05) is 19.6 Å². The van der Waals surface area contributed by atoms with Gasteiger partial charge in [-0.15, -0.1) is 24.0 Å². The van der Waals surface area contributed by atoms with E-state index >= 15 is 0 Å². The maximum absolute atomic E-state index is 5.64. The predicted octanol–water partition coefficient (Wildman–Crippen LogP) is 3.25. The summed E-state index contributed by atoms with van der Waals surface area (Å²) in [5.41, 5.74) is 1.10. The number of aliphatic imine (C=N–C) groups is 1. The van der Waals surface area contributed by atoms with E-state index in [1.807, 2.05) is 25.1 Å². The van der Waals surface area contributed by atoms with Gasteiger partial charge in [-0.05, 0) is 57.5 Å². The first-order chi connectivity index (χ1) is 12.8. The average molecular weight is 490 g/mol. The van der Waals surface area contributed by atoms with Gasteiger partial charge in [0.15, 0.2) is 17.5 Å². The highest BCUT2D eigenvalue weighted by atomic mass is 127. The summed E-state index contributed by atoms with van der Waals surface area (Å²) in [5, 5.41) is 6.76. The number of ether oxygens (including phenoxy) is 2. The third-order valence-corrected chi connectivity index (χ3v) is 4.46. The molecule has 154 valence electrons. The molecule has 2 rings (SSSR count). The van der Waals surface area contributed by atoms with Gasteiger partial charge in [-0.2, -0.15) is 0 Å². The van der Waals surface area contributed by atoms with Crippen LogP contribution in [0.2, 0.25) is 0 Å². The van der Waals surface area contributed by atoms with E-state index in [-0.39, 0.29) is 24.0 Å². The Kier molecular flexibility index (Phi) is 12.2. The first-order valence-corrected chi connectivity index (χ1v) is 9.81. The second-order valence-corrected chi connectivity index (χ2v) is 6.44. The SMILES string of the molecule is CCNC(=NCc1ccc(OC)c(OCC)c1)NCCN1CCCCC1.I. The van der Waals surface area contributed by atoms with Gasteiger partial charge < -0.3 is 25.0 Å². The Morgan fingerprint density at radius 3 is 2.56 bits per heavy atom. The minimum absolute atomic E-state index is 0. The van der Waals surface area contributed by atoms with E-state index in [1.165, 1.54) is 32.4 Å². The van der Waals surface area contributed by atoms with Crippen molar-refractivity contribution in [1.82, 2.24) is 15.5 Å². The van der Waals surface area contributed by atoms with Crippen LogP contribution in [0.25, 0.3) is 0 Å². The summed E-state index contributed by atoms with van der Waals surface area (Å²) in [5.74, 6) is 2.38. The van der Waals surface area contributed by atoms with E-state index in [0.29, 0.717) is 13.2 Å². The van der Waals surface area contributed by atoms with Gasteiger partial charge in [0.05, 0.1) is 20.3 Å². The monoisotopic (exact) mass is 490 g/mol. The fourth-order valence-corrected chi connectivity index (χ4v) is 3.12. The Bertz CT molecular complexity index is 563. The second-order valence-electron chi connectivity index (χ2n) is 6.44. The van der Waals surface area contributed by atoms with Crippen molar-refractivity contribution >= 4 is 29.9 Å². The Balaban J connectivity index is 0.00000364. The van der Waals surface area contributed by atoms with E-state index < -0.39 is 0 Å². The molecule has 0 amide bonds. The van der Waals surface area contributed by atoms with Crippen LogP contribution in [0.4, 0.5) is 0 Å². The van der Waals surface area contributed by atoms with Crippen LogP contribution in [0.1, 0.15) is 38.7 Å². The number of guanidine groups is 1. The quantitative estimate of drug-likeness (QED) is 0.316. The third-order valence-electron chi connectivity index (χ3n) is 4.46. The van der Waals surface area contributed by atoms with Gasteiger partial charge in [0.25, 0.3) is 0 Å². The molecule has 1 aromatic rings. The van der Waals surface area contributed by atoms with Crippen LogP contribution in [-0.2, 0) is 6.54 Å². The lowest BCUT2D eigenvalue weighted by molar-refractivity contribution is 0.232. The molecule has 1 aliphatic heterocycles. The van der Waals surface area contributed by atoms with Crippen molar-refractivity contribution < 1.29 is 9.47 Å². The normalized spacial score (nSPS) is 15.0. The van der Waals surface area contributed by atoms with E-state index in [1.54, 1.807) is 7.11 Å². The molecule has 1 aromatic carbocycles. The summed E-state index contributed by atoms with van der Waals surface area (Å²) in [4.78, 5) is 7.23. The molecule has 1 fully saturated rings. The number of hydrogen-bond acceptors (Lipinski definition) is 4. The van der Waals surface area contributed by atoms with Crippen molar-refractivity contribution in [2.24, 2.45) is 4.99 Å². The number of benzene rings is 1. The number of halogens is 1. The molecule has 1 aliphatic rings. The second kappa shape index (κ2) is 13.9. The first kappa shape index (κ1) is 23.8. The first-order valence-electron chi connectivity index (χ1n) is 9.81. The van der Waals surface area contributed by atoms with E-state index in [2.05, 4.69) is 22.5 Å². The van der Waals surface area contributed by atoms with Gasteiger partial charge in [-0.25, -0.2) is 4.99 Å². The average Bonchev–Trinajstić information content (AvgIpc) is 2.67. The molecule has 0 spiro atoms. The molecule has 0 aromatic heterocycles. The summed E-state index contributed by atoms with van der Waals surface area (Å²) in [7, 11) is 1.66. The standard InChI is InChI=1S/C20H34N4O2.HI/c1-4-21-20(22-11-14-24-12-7-6-8-13-24)23-16-17-9-10-18(25-3)19(15-17)26-5-2;/h9-10,15H,4-8,11-14,16H2,1-3H3,(H2,21,22,23);1H. The summed E-state index contributed by atoms with van der Waals surface area (Å²) in [6, 6.07) is 5.97. The Morgan fingerprint density at radius 1 is 1.11 bits per heavy atom. The Morgan fingerprint density at radius 2 is 1.89 bits per heavy atom. The number of piperidine rings is 1. The van der Waals surface area contributed by atoms with Crippen LogP contribution < -0.4 is 20.1 Å². The van der Waals surface area contributed by atoms with E-state index in [9.17, 15) is 0 Å². The molecule has 0 atom stereocenters. The maximum Gasteiger partial charge on any atom is 0.191 e. The van der Waals surface area contributed by atoms with Gasteiger partial charge in [-0.1, -0.05) is 12.5 Å². The minimum Gasteiger partial charge on any atom is -0.493 e. The zero-order valence-corrected chi connectivity index (χ0v) is 19.3. The lowest BCUT2D eigenvalue weighted by atomic mass is 10.1. The van der Waals surface area contributed by atoms with Gasteiger partial charge in [-0.3, -0.25) is 0 Å². The van der Waals surface area contributed by atoms with Gasteiger partial charge in [0.2, 0.25) is 0 Å². The minimum atomic E-state index is 0. The summed E-state index contributed by atoms with van der Waals surface area (Å²) >= 11 is 0. The molecular formula is C20H35IN4O2. The molecule has 2 N–H and O–H groups in total. The topological polar surface area (TPSA) is 58.1 Å². The van der Waals surface area contributed by atoms with Crippen LogP contribution in [0.3, 0.4) is 0 Å². The molecule has 0 unspecified atom stereocenters. The molecule has 7 heteroatoms. The highest BCUT2D eigenvalue weighted by Gasteiger charge is 2.09. The maximum atomic E-state index is 5.64. The molecule has 1 saturated heterocycles. The van der Waals surface area contributed by atoms with E-state index in [4.69, 9.17) is 14.5 Å². The molecule has 0 bridgehead atoms. The largest absolute Gasteiger partial charge is 0.493 e. The predicted molar refractivity (Wildman–Crippen MR) is 123 cm³/mol. The van der Waals surface area contributed by atoms with Crippen LogP contribution >= 0.6 is 24.0 Å². The van der Waals surface area contributed by atoms with Gasteiger partial charge >= 0.3 is 0 Å². The number of methoxy groups -OCH3 is 1. The zero-order valence-electron chi connectivity index (χ0n) is 16.9. The number of rotatable bonds is 9. The van der Waals surface area contributed by atoms with Crippen LogP contribution in [0, 0.1) is 0 Å². The fraction of sp³-hybridized carbons (Fsp3) is 0.650. The Hall–Kier alpha value is -1.22. The number of hydrogen-bond donors (Lipinski definition) is 2. The zero-order chi connectivity index (χ0) is 18.6. The van der Waals surface area contributed by atoms with Crippen LogP contribution in [-0.4, -0.2) is 57.3 Å². The Labute approximate surface area is 181 Å². The van der Waals surface area contributed by atoms with Crippen molar-refractivity contribution in [3.63, 3.8) is 0 Å². The lowest BCUT2D eigenvalue weighted by Crippen LogP contribution is -2.42. The number of likely N-dealkylation sites (tertiary alicyclic amines) is 1. The highest BCUT2D eigenvalue weighted by Crippen LogP contribution is 2.28.